The van der Waals surface area contributed by atoms with Gasteiger partial charge in [0.05, 0.1) is 5.69 Å². The number of nitrogens with one attached hydrogen (secondary N) is 1. The van der Waals surface area contributed by atoms with Gasteiger partial charge < -0.3 is 5.73 Å². The Morgan fingerprint density at radius 2 is 2.20 bits per heavy atom. The smallest absolute Gasteiger partial charge is 0.150 e. The van der Waals surface area contributed by atoms with Gasteiger partial charge in [0.1, 0.15) is 11.5 Å². The molecule has 0 aliphatic carbocycles. The Bertz CT molecular complexity index is 432. The number of rotatable bonds is 3. The molecule has 0 spiro atoms. The predicted octanol–water partition coefficient (Wildman–Crippen LogP) is 2.40. The molecule has 0 amide bonds. The van der Waals surface area contributed by atoms with Crippen LogP contribution in [0.3, 0.4) is 0 Å². The van der Waals surface area contributed by atoms with Gasteiger partial charge in [0.15, 0.2) is 0 Å². The van der Waals surface area contributed by atoms with Gasteiger partial charge in [-0.2, -0.15) is 0 Å². The molecule has 0 saturated heterocycles. The topological polar surface area (TPSA) is 62.2 Å². The second-order valence-corrected chi connectivity index (χ2v) is 3.79. The minimum absolute atomic E-state index is 0.342. The summed E-state index contributed by atoms with van der Waals surface area (Å²) in [6.07, 6.45) is 3.31. The standard InChI is InChI=1S/C12H15N3/c1-2-3-5-8-6-4-7-9-10(8)11(13)12(14)15-9/h4,6-7H,2-3,5H2,1H3,(H3,13,14,15). The molecule has 2 rings (SSSR count). The van der Waals surface area contributed by atoms with Crippen molar-refractivity contribution >= 4 is 17.2 Å². The summed E-state index contributed by atoms with van der Waals surface area (Å²) in [5.74, 6) is 0.342. The minimum atomic E-state index is 0.342. The Morgan fingerprint density at radius 1 is 1.40 bits per heavy atom. The van der Waals surface area contributed by atoms with Crippen LogP contribution in [0.1, 0.15) is 30.9 Å². The summed E-state index contributed by atoms with van der Waals surface area (Å²) in [5, 5.41) is 7.86. The van der Waals surface area contributed by atoms with Crippen molar-refractivity contribution in [1.82, 2.24) is 0 Å². The number of aryl methyl sites for hydroxylation is 1. The molecule has 0 saturated carbocycles. The Hall–Kier alpha value is -1.64. The summed E-state index contributed by atoms with van der Waals surface area (Å²) in [4.78, 5) is 4.17. The highest BCUT2D eigenvalue weighted by Gasteiger charge is 2.21. The van der Waals surface area contributed by atoms with Crippen LogP contribution >= 0.6 is 0 Å². The molecule has 3 heteroatoms. The number of aliphatic imine (C=N–C) groups is 1. The van der Waals surface area contributed by atoms with Crippen molar-refractivity contribution in [2.45, 2.75) is 26.2 Å². The highest BCUT2D eigenvalue weighted by molar-refractivity contribution is 6.50. The number of unbranched alkanes of at least 4 members (excludes halogenated alkanes) is 1. The number of fused-ring (bicyclic) bond motifs is 1. The molecule has 0 fully saturated rings. The minimum Gasteiger partial charge on any atom is -0.382 e. The fraction of sp³-hybridized carbons (Fsp3) is 0.333. The molecule has 15 heavy (non-hydrogen) atoms. The van der Waals surface area contributed by atoms with E-state index >= 15 is 0 Å². The zero-order valence-corrected chi connectivity index (χ0v) is 8.88. The number of hydrogen-bond donors (Lipinski definition) is 2. The fourth-order valence-electron chi connectivity index (χ4n) is 1.86. The zero-order chi connectivity index (χ0) is 10.8. The molecular weight excluding hydrogens is 186 g/mol. The zero-order valence-electron chi connectivity index (χ0n) is 8.88. The molecule has 1 heterocycles. The summed E-state index contributed by atoms with van der Waals surface area (Å²) in [6, 6.07) is 5.97. The molecule has 0 atom stereocenters. The van der Waals surface area contributed by atoms with Crippen molar-refractivity contribution in [2.24, 2.45) is 10.7 Å². The van der Waals surface area contributed by atoms with E-state index in [0.717, 1.165) is 30.5 Å². The average molecular weight is 201 g/mol. The third-order valence-corrected chi connectivity index (χ3v) is 2.68. The maximum atomic E-state index is 7.86. The van der Waals surface area contributed by atoms with Crippen LogP contribution in [0, 0.1) is 5.41 Å². The third-order valence-electron chi connectivity index (χ3n) is 2.68. The lowest BCUT2D eigenvalue weighted by Crippen LogP contribution is -2.20. The van der Waals surface area contributed by atoms with Crippen LogP contribution in [0.4, 0.5) is 5.69 Å². The van der Waals surface area contributed by atoms with Crippen molar-refractivity contribution in [1.29, 1.82) is 5.41 Å². The molecule has 0 aromatic heterocycles. The van der Waals surface area contributed by atoms with Crippen LogP contribution in [0.5, 0.6) is 0 Å². The van der Waals surface area contributed by atoms with Crippen molar-refractivity contribution < 1.29 is 0 Å². The Labute approximate surface area is 89.5 Å². The molecule has 0 unspecified atom stereocenters. The Kier molecular flexibility index (Phi) is 2.54. The van der Waals surface area contributed by atoms with E-state index in [1.807, 2.05) is 12.1 Å². The van der Waals surface area contributed by atoms with Crippen molar-refractivity contribution in [3.8, 4) is 0 Å². The fourth-order valence-corrected chi connectivity index (χ4v) is 1.86. The van der Waals surface area contributed by atoms with Gasteiger partial charge in [-0.25, -0.2) is 4.99 Å². The van der Waals surface area contributed by atoms with Gasteiger partial charge in [-0.1, -0.05) is 25.5 Å². The van der Waals surface area contributed by atoms with Gasteiger partial charge in [0.2, 0.25) is 0 Å². The molecule has 1 aromatic rings. The second kappa shape index (κ2) is 3.85. The molecule has 3 N–H and O–H groups in total. The quantitative estimate of drug-likeness (QED) is 0.775. The van der Waals surface area contributed by atoms with Gasteiger partial charge in [-0.15, -0.1) is 0 Å². The molecule has 1 aromatic carbocycles. The van der Waals surface area contributed by atoms with Crippen LogP contribution in [0.25, 0.3) is 0 Å². The summed E-state index contributed by atoms with van der Waals surface area (Å²) >= 11 is 0. The Morgan fingerprint density at radius 3 is 2.93 bits per heavy atom. The van der Waals surface area contributed by atoms with E-state index in [9.17, 15) is 0 Å². The maximum Gasteiger partial charge on any atom is 0.150 e. The van der Waals surface area contributed by atoms with E-state index < -0.39 is 0 Å². The second-order valence-electron chi connectivity index (χ2n) is 3.79. The first-order chi connectivity index (χ1) is 7.24. The lowest BCUT2D eigenvalue weighted by molar-refractivity contribution is 0.794. The van der Waals surface area contributed by atoms with Crippen LogP contribution < -0.4 is 5.73 Å². The van der Waals surface area contributed by atoms with Crippen LogP contribution in [-0.4, -0.2) is 11.5 Å². The monoisotopic (exact) mass is 201 g/mol. The van der Waals surface area contributed by atoms with E-state index in [1.165, 1.54) is 5.56 Å². The van der Waals surface area contributed by atoms with Crippen LogP contribution in [0.15, 0.2) is 23.2 Å². The third kappa shape index (κ3) is 1.65. The molecule has 1 aliphatic rings. The van der Waals surface area contributed by atoms with Gasteiger partial charge >= 0.3 is 0 Å². The van der Waals surface area contributed by atoms with E-state index in [-0.39, 0.29) is 0 Å². The first kappa shape index (κ1) is 9.90. The first-order valence-electron chi connectivity index (χ1n) is 5.29. The SMILES string of the molecule is CCCCc1cccc2c1C(=N)C(N)=N2. The van der Waals surface area contributed by atoms with E-state index in [0.29, 0.717) is 11.5 Å². The van der Waals surface area contributed by atoms with Crippen molar-refractivity contribution in [3.63, 3.8) is 0 Å². The molecule has 1 aliphatic heterocycles. The predicted molar refractivity (Wildman–Crippen MR) is 63.2 cm³/mol. The normalized spacial score (nSPS) is 13.9. The number of benzene rings is 1. The van der Waals surface area contributed by atoms with Crippen LogP contribution in [0.2, 0.25) is 0 Å². The summed E-state index contributed by atoms with van der Waals surface area (Å²) in [7, 11) is 0. The highest BCUT2D eigenvalue weighted by atomic mass is 14.9. The molecule has 0 bridgehead atoms. The van der Waals surface area contributed by atoms with Gasteiger partial charge in [-0.3, -0.25) is 5.41 Å². The summed E-state index contributed by atoms with van der Waals surface area (Å²) in [5.41, 5.74) is 9.02. The number of nitrogens with zero attached hydrogens (tertiary/aromatic N) is 1. The lowest BCUT2D eigenvalue weighted by Gasteiger charge is -2.06. The van der Waals surface area contributed by atoms with E-state index in [2.05, 4.69) is 18.0 Å². The largest absolute Gasteiger partial charge is 0.382 e. The summed E-state index contributed by atoms with van der Waals surface area (Å²) in [6.45, 7) is 2.17. The van der Waals surface area contributed by atoms with Gasteiger partial charge in [0.25, 0.3) is 0 Å². The van der Waals surface area contributed by atoms with Crippen molar-refractivity contribution in [2.75, 3.05) is 0 Å². The molecule has 78 valence electrons. The van der Waals surface area contributed by atoms with Crippen molar-refractivity contribution in [3.05, 3.63) is 29.3 Å². The summed E-state index contributed by atoms with van der Waals surface area (Å²) < 4.78 is 0. The molecule has 0 radical (unpaired) electrons. The highest BCUT2D eigenvalue weighted by Crippen LogP contribution is 2.29. The van der Waals surface area contributed by atoms with E-state index in [1.54, 1.807) is 0 Å². The van der Waals surface area contributed by atoms with Gasteiger partial charge in [0, 0.05) is 5.56 Å². The number of nitrogens with two attached hydrogens (primary N) is 1. The lowest BCUT2D eigenvalue weighted by atomic mass is 9.98. The maximum absolute atomic E-state index is 7.86. The number of hydrogen-bond acceptors (Lipinski definition) is 3. The van der Waals surface area contributed by atoms with Gasteiger partial charge in [-0.05, 0) is 24.5 Å². The molecular formula is C12H15N3. The number of amidine groups is 1. The van der Waals surface area contributed by atoms with E-state index in [4.69, 9.17) is 11.1 Å². The molecule has 3 nitrogen and oxygen atoms in total. The van der Waals surface area contributed by atoms with Crippen LogP contribution in [-0.2, 0) is 6.42 Å². The average Bonchev–Trinajstić information content (AvgIpc) is 2.53. The first-order valence-corrected chi connectivity index (χ1v) is 5.29. The Balaban J connectivity index is 2.38.